The van der Waals surface area contributed by atoms with Crippen molar-refractivity contribution in [1.29, 1.82) is 0 Å². The van der Waals surface area contributed by atoms with Crippen LogP contribution in [-0.4, -0.2) is 50.4 Å². The summed E-state index contributed by atoms with van der Waals surface area (Å²) < 4.78 is 25.3. The largest absolute Gasteiger partial charge is 0.454 e. The Balaban J connectivity index is 1.29. The first kappa shape index (κ1) is 22.0. The third-order valence-corrected chi connectivity index (χ3v) is 6.22. The van der Waals surface area contributed by atoms with Gasteiger partial charge >= 0.3 is 6.03 Å². The van der Waals surface area contributed by atoms with Crippen molar-refractivity contribution in [2.45, 2.75) is 6.04 Å². The van der Waals surface area contributed by atoms with E-state index in [1.165, 1.54) is 6.07 Å². The molecule has 2 N–H and O–H groups in total. The smallest absolute Gasteiger partial charge is 0.319 e. The van der Waals surface area contributed by atoms with E-state index in [2.05, 4.69) is 20.4 Å². The first-order valence-electron chi connectivity index (χ1n) is 11.4. The lowest BCUT2D eigenvalue weighted by atomic mass is 10.0. The lowest BCUT2D eigenvalue weighted by molar-refractivity contribution is 0.173. The minimum Gasteiger partial charge on any atom is -0.454 e. The van der Waals surface area contributed by atoms with Crippen LogP contribution in [0.5, 0.6) is 11.5 Å². The topological polar surface area (TPSA) is 66.1 Å². The number of para-hydroxylation sites is 2. The Morgan fingerprint density at radius 2 is 1.65 bits per heavy atom. The monoisotopic (exact) mass is 462 g/mol. The highest BCUT2D eigenvalue weighted by Crippen LogP contribution is 2.36. The maximum atomic E-state index is 14.3. The lowest BCUT2D eigenvalue weighted by Gasteiger charge is -2.40. The number of fused-ring (bicyclic) bond motifs is 1. The molecule has 1 saturated heterocycles. The Hall–Kier alpha value is -3.78. The number of nitrogens with zero attached hydrogens (tertiary/aromatic N) is 2. The first-order chi connectivity index (χ1) is 16.7. The number of hydrogen-bond acceptors (Lipinski definition) is 5. The number of hydrogen-bond donors (Lipinski definition) is 2. The number of carbonyl (C=O) groups is 1. The number of benzene rings is 3. The van der Waals surface area contributed by atoms with Crippen LogP contribution < -0.4 is 25.0 Å². The van der Waals surface area contributed by atoms with E-state index in [0.717, 1.165) is 30.1 Å². The second kappa shape index (κ2) is 10.0. The van der Waals surface area contributed by atoms with Crippen LogP contribution in [0.1, 0.15) is 11.6 Å². The fraction of sp³-hybridized carbons (Fsp3) is 0.269. The quantitative estimate of drug-likeness (QED) is 0.574. The third kappa shape index (κ3) is 4.92. The van der Waals surface area contributed by atoms with E-state index in [0.29, 0.717) is 31.1 Å². The van der Waals surface area contributed by atoms with E-state index in [1.807, 2.05) is 60.7 Å². The summed E-state index contributed by atoms with van der Waals surface area (Å²) in [6.07, 6.45) is 0. The minimum absolute atomic E-state index is 0.0706. The number of anilines is 2. The average molecular weight is 463 g/mol. The molecule has 0 bridgehead atoms. The third-order valence-electron chi connectivity index (χ3n) is 6.22. The van der Waals surface area contributed by atoms with Crippen LogP contribution in [0.4, 0.5) is 20.6 Å². The van der Waals surface area contributed by atoms with Crippen LogP contribution in [0.25, 0.3) is 0 Å². The molecule has 1 atom stereocenters. The van der Waals surface area contributed by atoms with Crippen LogP contribution in [0.15, 0.2) is 72.8 Å². The Bertz CT molecular complexity index is 1140. The van der Waals surface area contributed by atoms with Crippen molar-refractivity contribution in [2.24, 2.45) is 0 Å². The van der Waals surface area contributed by atoms with Crippen molar-refractivity contribution in [3.05, 3.63) is 84.2 Å². The molecule has 176 valence electrons. The molecule has 34 heavy (non-hydrogen) atoms. The molecular formula is C26H27FN4O3. The van der Waals surface area contributed by atoms with Gasteiger partial charge in [0.25, 0.3) is 0 Å². The summed E-state index contributed by atoms with van der Waals surface area (Å²) in [4.78, 5) is 16.9. The number of rotatable bonds is 6. The van der Waals surface area contributed by atoms with Gasteiger partial charge in [-0.25, -0.2) is 9.18 Å². The van der Waals surface area contributed by atoms with Gasteiger partial charge in [0.1, 0.15) is 5.82 Å². The summed E-state index contributed by atoms with van der Waals surface area (Å²) in [7, 11) is 0. The Labute approximate surface area is 198 Å². The maximum absolute atomic E-state index is 14.3. The second-order valence-corrected chi connectivity index (χ2v) is 8.30. The summed E-state index contributed by atoms with van der Waals surface area (Å²) in [5.74, 6) is 1.23. The molecule has 0 saturated carbocycles. The molecule has 2 aliphatic rings. The number of halogens is 1. The molecule has 0 aromatic heterocycles. The SMILES string of the molecule is O=C(NC[C@@H](c1ccc2c(c1)OCO2)N1CCN(c2ccccc2F)CC1)Nc1ccccc1. The van der Waals surface area contributed by atoms with Gasteiger partial charge in [-0.05, 0) is 42.0 Å². The van der Waals surface area contributed by atoms with Gasteiger partial charge in [0.15, 0.2) is 11.5 Å². The van der Waals surface area contributed by atoms with Gasteiger partial charge in [0, 0.05) is 38.4 Å². The normalized spacial score (nSPS) is 16.2. The highest BCUT2D eigenvalue weighted by Gasteiger charge is 2.28. The molecule has 8 heteroatoms. The van der Waals surface area contributed by atoms with Gasteiger partial charge in [-0.1, -0.05) is 36.4 Å². The average Bonchev–Trinajstić information content (AvgIpc) is 3.34. The highest BCUT2D eigenvalue weighted by molar-refractivity contribution is 5.89. The van der Waals surface area contributed by atoms with Crippen LogP contribution in [0.2, 0.25) is 0 Å². The van der Waals surface area contributed by atoms with Gasteiger partial charge in [-0.3, -0.25) is 4.90 Å². The van der Waals surface area contributed by atoms with Crippen molar-refractivity contribution in [3.8, 4) is 11.5 Å². The lowest BCUT2D eigenvalue weighted by Crippen LogP contribution is -2.50. The Morgan fingerprint density at radius 1 is 0.912 bits per heavy atom. The fourth-order valence-electron chi connectivity index (χ4n) is 4.45. The van der Waals surface area contributed by atoms with E-state index >= 15 is 0 Å². The van der Waals surface area contributed by atoms with Crippen molar-refractivity contribution >= 4 is 17.4 Å². The number of carbonyl (C=O) groups excluding carboxylic acids is 1. The van der Waals surface area contributed by atoms with E-state index < -0.39 is 0 Å². The summed E-state index contributed by atoms with van der Waals surface area (Å²) in [6.45, 7) is 3.47. The fourth-order valence-corrected chi connectivity index (χ4v) is 4.45. The number of amides is 2. The van der Waals surface area contributed by atoms with Crippen molar-refractivity contribution < 1.29 is 18.7 Å². The molecule has 2 amide bonds. The Morgan fingerprint density at radius 3 is 2.44 bits per heavy atom. The number of piperazine rings is 1. The van der Waals surface area contributed by atoms with Crippen molar-refractivity contribution in [2.75, 3.05) is 49.7 Å². The summed E-state index contributed by atoms with van der Waals surface area (Å²) >= 11 is 0. The van der Waals surface area contributed by atoms with Crippen LogP contribution >= 0.6 is 0 Å². The van der Waals surface area contributed by atoms with Gasteiger partial charge in [0.05, 0.1) is 11.7 Å². The van der Waals surface area contributed by atoms with Gasteiger partial charge < -0.3 is 25.0 Å². The Kier molecular flexibility index (Phi) is 6.49. The van der Waals surface area contributed by atoms with Crippen LogP contribution in [0, 0.1) is 5.82 Å². The molecule has 0 spiro atoms. The molecule has 3 aromatic rings. The van der Waals surface area contributed by atoms with E-state index in [-0.39, 0.29) is 24.7 Å². The molecule has 0 radical (unpaired) electrons. The van der Waals surface area contributed by atoms with Crippen molar-refractivity contribution in [3.63, 3.8) is 0 Å². The van der Waals surface area contributed by atoms with Crippen molar-refractivity contribution in [1.82, 2.24) is 10.2 Å². The van der Waals surface area contributed by atoms with Gasteiger partial charge in [-0.2, -0.15) is 0 Å². The first-order valence-corrected chi connectivity index (χ1v) is 11.4. The zero-order valence-electron chi connectivity index (χ0n) is 18.7. The molecule has 1 fully saturated rings. The second-order valence-electron chi connectivity index (χ2n) is 8.30. The van der Waals surface area contributed by atoms with Crippen LogP contribution in [-0.2, 0) is 0 Å². The van der Waals surface area contributed by atoms with Gasteiger partial charge in [-0.15, -0.1) is 0 Å². The van der Waals surface area contributed by atoms with Crippen LogP contribution in [0.3, 0.4) is 0 Å². The number of nitrogens with one attached hydrogen (secondary N) is 2. The number of urea groups is 1. The number of ether oxygens (including phenoxy) is 2. The molecule has 2 heterocycles. The molecular weight excluding hydrogens is 435 g/mol. The summed E-state index contributed by atoms with van der Waals surface area (Å²) in [6, 6.07) is 21.8. The summed E-state index contributed by atoms with van der Waals surface area (Å²) in [5.41, 5.74) is 2.39. The molecule has 7 nitrogen and oxygen atoms in total. The highest BCUT2D eigenvalue weighted by atomic mass is 19.1. The zero-order valence-corrected chi connectivity index (χ0v) is 18.7. The van der Waals surface area contributed by atoms with E-state index in [1.54, 1.807) is 6.07 Å². The standard InChI is InChI=1S/C26H27FN4O3/c27-21-8-4-5-9-22(21)30-12-14-31(15-13-30)23(19-10-11-24-25(16-19)34-18-33-24)17-28-26(32)29-20-6-2-1-3-7-20/h1-11,16,23H,12-15,17-18H2,(H2,28,29,32)/t23-/m0/s1. The summed E-state index contributed by atoms with van der Waals surface area (Å²) in [5, 5.41) is 5.87. The van der Waals surface area contributed by atoms with E-state index in [9.17, 15) is 9.18 Å². The van der Waals surface area contributed by atoms with Gasteiger partial charge in [0.2, 0.25) is 6.79 Å². The molecule has 5 rings (SSSR count). The predicted octanol–water partition coefficient (Wildman–Crippen LogP) is 4.24. The molecule has 0 aliphatic carbocycles. The minimum atomic E-state index is -0.262. The zero-order chi connectivity index (χ0) is 23.3. The van der Waals surface area contributed by atoms with E-state index in [4.69, 9.17) is 9.47 Å². The molecule has 3 aromatic carbocycles. The molecule has 0 unspecified atom stereocenters. The predicted molar refractivity (Wildman–Crippen MR) is 129 cm³/mol. The molecule has 2 aliphatic heterocycles. The maximum Gasteiger partial charge on any atom is 0.319 e.